The van der Waals surface area contributed by atoms with Crippen LogP contribution in [-0.4, -0.2) is 77.4 Å². The molecule has 5 aromatic rings. The van der Waals surface area contributed by atoms with Crippen LogP contribution in [-0.2, 0) is 13.6 Å². The van der Waals surface area contributed by atoms with Crippen molar-refractivity contribution >= 4 is 28.4 Å². The number of anilines is 1. The summed E-state index contributed by atoms with van der Waals surface area (Å²) in [5, 5.41) is 0.777. The fourth-order valence-electron chi connectivity index (χ4n) is 5.87. The van der Waals surface area contributed by atoms with Crippen molar-refractivity contribution in [1.29, 1.82) is 0 Å². The van der Waals surface area contributed by atoms with E-state index in [1.807, 2.05) is 40.8 Å². The minimum absolute atomic E-state index is 0.0942. The van der Waals surface area contributed by atoms with Crippen LogP contribution in [0.2, 0.25) is 0 Å². The molecule has 14 heteroatoms. The standard InChI is InChI=1S/C37H34F5N5O4/c1-22-29(38)18-28(35(42)34(22)41)36(48)44(2)25-6-11-33(43-19-25)51-27-9-10-30-24(16-27)17-31(45(30)3)37(49)47-14-12-46(13-15-47)20-23-4-7-26(8-5-23)50-21-32(39)40/h4-11,16-19,32H,12-15,20-21H2,1-3H3. The van der Waals surface area contributed by atoms with Gasteiger partial charge in [-0.1, -0.05) is 12.1 Å². The van der Waals surface area contributed by atoms with E-state index < -0.39 is 47.5 Å². The van der Waals surface area contributed by atoms with E-state index in [2.05, 4.69) is 9.88 Å². The minimum atomic E-state index is -2.53. The van der Waals surface area contributed by atoms with Crippen LogP contribution in [0.5, 0.6) is 17.4 Å². The topological polar surface area (TPSA) is 80.1 Å². The van der Waals surface area contributed by atoms with E-state index in [9.17, 15) is 31.5 Å². The van der Waals surface area contributed by atoms with Gasteiger partial charge < -0.3 is 23.8 Å². The van der Waals surface area contributed by atoms with Gasteiger partial charge in [-0.05, 0) is 61.0 Å². The maximum absolute atomic E-state index is 14.4. The van der Waals surface area contributed by atoms with Crippen molar-refractivity contribution in [3.05, 3.63) is 113 Å². The molecule has 0 saturated carbocycles. The Hall–Kier alpha value is -5.50. The maximum atomic E-state index is 14.4. The van der Waals surface area contributed by atoms with Gasteiger partial charge in [0.1, 0.15) is 29.6 Å². The molecule has 1 aliphatic rings. The van der Waals surface area contributed by atoms with Gasteiger partial charge in [-0.25, -0.2) is 26.9 Å². The number of ether oxygens (including phenoxy) is 2. The first-order valence-electron chi connectivity index (χ1n) is 16.1. The number of benzene rings is 3. The van der Waals surface area contributed by atoms with Crippen LogP contribution >= 0.6 is 0 Å². The van der Waals surface area contributed by atoms with Gasteiger partial charge in [-0.2, -0.15) is 0 Å². The predicted octanol–water partition coefficient (Wildman–Crippen LogP) is 6.97. The lowest BCUT2D eigenvalue weighted by molar-refractivity contribution is 0.0619. The monoisotopic (exact) mass is 707 g/mol. The number of carbonyl (C=O) groups is 2. The molecule has 266 valence electrons. The van der Waals surface area contributed by atoms with E-state index in [0.29, 0.717) is 56.0 Å². The molecule has 2 amide bonds. The summed E-state index contributed by atoms with van der Waals surface area (Å²) in [4.78, 5) is 35.7. The van der Waals surface area contributed by atoms with Gasteiger partial charge in [0.2, 0.25) is 5.88 Å². The second-order valence-electron chi connectivity index (χ2n) is 12.2. The van der Waals surface area contributed by atoms with Crippen LogP contribution in [0.1, 0.15) is 32.0 Å². The number of piperazine rings is 1. The Kier molecular flexibility index (Phi) is 10.2. The van der Waals surface area contributed by atoms with Crippen molar-refractivity contribution in [2.45, 2.75) is 19.9 Å². The van der Waals surface area contributed by atoms with E-state index in [1.54, 1.807) is 24.3 Å². The van der Waals surface area contributed by atoms with E-state index in [-0.39, 0.29) is 17.5 Å². The summed E-state index contributed by atoms with van der Waals surface area (Å²) in [5.41, 5.74) is 1.36. The lowest BCUT2D eigenvalue weighted by Gasteiger charge is -2.34. The van der Waals surface area contributed by atoms with Gasteiger partial charge in [0, 0.05) is 69.4 Å². The highest BCUT2D eigenvalue weighted by Crippen LogP contribution is 2.29. The third-order valence-corrected chi connectivity index (χ3v) is 8.85. The first-order chi connectivity index (χ1) is 24.4. The molecular weight excluding hydrogens is 673 g/mol. The number of aryl methyl sites for hydroxylation is 1. The Balaban J connectivity index is 1.06. The third-order valence-electron chi connectivity index (χ3n) is 8.85. The largest absolute Gasteiger partial charge is 0.488 e. The molecular formula is C37H34F5N5O4. The number of carbonyl (C=O) groups excluding carboxylic acids is 2. The van der Waals surface area contributed by atoms with Gasteiger partial charge in [-0.3, -0.25) is 14.5 Å². The molecule has 0 N–H and O–H groups in total. The number of hydrogen-bond acceptors (Lipinski definition) is 6. The van der Waals surface area contributed by atoms with Crippen LogP contribution in [0.4, 0.5) is 27.6 Å². The summed E-state index contributed by atoms with van der Waals surface area (Å²) in [6.45, 7) is 3.53. The molecule has 0 aliphatic carbocycles. The summed E-state index contributed by atoms with van der Waals surface area (Å²) in [6.07, 6.45) is -1.21. The van der Waals surface area contributed by atoms with Crippen molar-refractivity contribution in [3.63, 3.8) is 0 Å². The van der Waals surface area contributed by atoms with E-state index in [1.165, 1.54) is 25.4 Å². The number of fused-ring (bicyclic) bond motifs is 1. The number of pyridine rings is 1. The van der Waals surface area contributed by atoms with Crippen molar-refractivity contribution in [1.82, 2.24) is 19.4 Å². The normalized spacial score (nSPS) is 13.5. The second kappa shape index (κ2) is 14.8. The number of aromatic nitrogens is 2. The van der Waals surface area contributed by atoms with Crippen LogP contribution in [0, 0.1) is 24.4 Å². The van der Waals surface area contributed by atoms with E-state index in [4.69, 9.17) is 9.47 Å². The molecule has 6 rings (SSSR count). The fourth-order valence-corrected chi connectivity index (χ4v) is 5.87. The van der Waals surface area contributed by atoms with Gasteiger partial charge >= 0.3 is 0 Å². The molecule has 51 heavy (non-hydrogen) atoms. The predicted molar refractivity (Wildman–Crippen MR) is 180 cm³/mol. The summed E-state index contributed by atoms with van der Waals surface area (Å²) in [5.74, 6) is -3.88. The third kappa shape index (κ3) is 7.65. The highest BCUT2D eigenvalue weighted by molar-refractivity contribution is 6.06. The molecule has 0 spiro atoms. The number of rotatable bonds is 10. The van der Waals surface area contributed by atoms with Crippen molar-refractivity contribution < 1.29 is 41.0 Å². The molecule has 0 bridgehead atoms. The fraction of sp³-hybridized carbons (Fsp3) is 0.270. The first kappa shape index (κ1) is 35.3. The summed E-state index contributed by atoms with van der Waals surface area (Å²) in [7, 11) is 3.15. The molecule has 1 aliphatic heterocycles. The number of halogens is 5. The average molecular weight is 708 g/mol. The summed E-state index contributed by atoms with van der Waals surface area (Å²) >= 11 is 0. The lowest BCUT2D eigenvalue weighted by atomic mass is 10.1. The number of hydrogen-bond donors (Lipinski definition) is 0. The van der Waals surface area contributed by atoms with Gasteiger partial charge in [0.05, 0.1) is 17.4 Å². The van der Waals surface area contributed by atoms with Crippen LogP contribution in [0.25, 0.3) is 10.9 Å². The molecule has 3 heterocycles. The van der Waals surface area contributed by atoms with Gasteiger partial charge in [0.15, 0.2) is 11.6 Å². The Morgan fingerprint density at radius 2 is 1.61 bits per heavy atom. The molecule has 2 aromatic heterocycles. The quantitative estimate of drug-likeness (QED) is 0.115. The number of alkyl halides is 2. The summed E-state index contributed by atoms with van der Waals surface area (Å²) < 4.78 is 80.0. The van der Waals surface area contributed by atoms with E-state index in [0.717, 1.165) is 28.3 Å². The highest BCUT2D eigenvalue weighted by Gasteiger charge is 2.26. The highest BCUT2D eigenvalue weighted by atomic mass is 19.3. The van der Waals surface area contributed by atoms with Crippen LogP contribution in [0.15, 0.2) is 72.9 Å². The van der Waals surface area contributed by atoms with Crippen molar-refractivity contribution in [2.75, 3.05) is 44.7 Å². The van der Waals surface area contributed by atoms with Crippen LogP contribution < -0.4 is 14.4 Å². The molecule has 3 aromatic carbocycles. The van der Waals surface area contributed by atoms with Gasteiger partial charge in [0.25, 0.3) is 18.2 Å². The molecule has 0 unspecified atom stereocenters. The van der Waals surface area contributed by atoms with Gasteiger partial charge in [-0.15, -0.1) is 0 Å². The number of amides is 2. The Labute approximate surface area is 290 Å². The zero-order valence-corrected chi connectivity index (χ0v) is 28.0. The molecule has 9 nitrogen and oxygen atoms in total. The van der Waals surface area contributed by atoms with E-state index >= 15 is 0 Å². The average Bonchev–Trinajstić information content (AvgIpc) is 3.46. The molecule has 0 radical (unpaired) electrons. The first-order valence-corrected chi connectivity index (χ1v) is 16.1. The lowest BCUT2D eigenvalue weighted by Crippen LogP contribution is -2.48. The Morgan fingerprint density at radius 3 is 2.27 bits per heavy atom. The SMILES string of the molecule is Cc1c(F)cc(C(=O)N(C)c2ccc(Oc3ccc4c(c3)cc(C(=O)N3CCN(Cc5ccc(OCC(F)F)cc5)CC3)n4C)nc2)c(F)c1F. The molecule has 1 fully saturated rings. The van der Waals surface area contributed by atoms with Crippen LogP contribution in [0.3, 0.4) is 0 Å². The molecule has 0 atom stereocenters. The Morgan fingerprint density at radius 1 is 0.902 bits per heavy atom. The second-order valence-corrected chi connectivity index (χ2v) is 12.2. The number of nitrogens with zero attached hydrogens (tertiary/aromatic N) is 5. The zero-order valence-electron chi connectivity index (χ0n) is 28.0. The summed E-state index contributed by atoms with van der Waals surface area (Å²) in [6, 6.07) is 17.9. The minimum Gasteiger partial charge on any atom is -0.488 e. The zero-order chi connectivity index (χ0) is 36.4. The Bertz CT molecular complexity index is 2060. The smallest absolute Gasteiger partial charge is 0.272 e. The maximum Gasteiger partial charge on any atom is 0.272 e. The van der Waals surface area contributed by atoms with Crippen molar-refractivity contribution in [2.24, 2.45) is 7.05 Å². The van der Waals surface area contributed by atoms with Crippen molar-refractivity contribution in [3.8, 4) is 17.4 Å². The molecule has 1 saturated heterocycles.